The van der Waals surface area contributed by atoms with E-state index < -0.39 is 11.7 Å². The average Bonchev–Trinajstić information content (AvgIpc) is 2.68. The van der Waals surface area contributed by atoms with E-state index in [0.717, 1.165) is 11.1 Å². The molecule has 0 saturated carbocycles. The number of carbonyl (C=O) groups excluding carboxylic acids is 2. The number of ketones is 1. The molecule has 19 heavy (non-hydrogen) atoms. The fourth-order valence-electron chi connectivity index (χ4n) is 2.00. The lowest BCUT2D eigenvalue weighted by Gasteiger charge is -2.05. The van der Waals surface area contributed by atoms with Gasteiger partial charge in [0.05, 0.1) is 21.3 Å². The van der Waals surface area contributed by atoms with Crippen LogP contribution in [0.15, 0.2) is 36.4 Å². The second-order valence-electron chi connectivity index (χ2n) is 4.17. The summed E-state index contributed by atoms with van der Waals surface area (Å²) in [6.45, 7) is 0. The van der Waals surface area contributed by atoms with Crippen LogP contribution in [0.2, 0.25) is 10.0 Å². The van der Waals surface area contributed by atoms with Crippen molar-refractivity contribution in [2.24, 2.45) is 0 Å². The molecule has 2 aromatic rings. The minimum atomic E-state index is -0.596. The van der Waals surface area contributed by atoms with Crippen molar-refractivity contribution in [2.45, 2.75) is 0 Å². The first-order chi connectivity index (χ1) is 9.06. The standard InChI is InChI=1S/C14H7Cl2NO2/c15-10-3-1-8(6-11(10)16)7-2-4-12-9(5-7)13(18)14(19)17-12/h1-6H,(H,17,18,19). The van der Waals surface area contributed by atoms with Crippen LogP contribution in [0.5, 0.6) is 0 Å². The van der Waals surface area contributed by atoms with Crippen LogP contribution in [0.25, 0.3) is 11.1 Å². The Bertz CT molecular complexity index is 725. The van der Waals surface area contributed by atoms with E-state index in [1.54, 1.807) is 24.3 Å². The van der Waals surface area contributed by atoms with Crippen LogP contribution in [0.1, 0.15) is 10.4 Å². The van der Waals surface area contributed by atoms with E-state index in [1.165, 1.54) is 0 Å². The van der Waals surface area contributed by atoms with Gasteiger partial charge in [-0.05, 0) is 35.4 Å². The normalized spacial score (nSPS) is 13.4. The van der Waals surface area contributed by atoms with E-state index >= 15 is 0 Å². The number of Topliss-reactive ketones (excluding diaryl/α,β-unsaturated/α-hetero) is 1. The maximum absolute atomic E-state index is 11.6. The maximum Gasteiger partial charge on any atom is 0.296 e. The smallest absolute Gasteiger partial charge is 0.296 e. The number of fused-ring (bicyclic) bond motifs is 1. The average molecular weight is 292 g/mol. The van der Waals surface area contributed by atoms with Crippen LogP contribution in [-0.4, -0.2) is 11.7 Å². The van der Waals surface area contributed by atoms with Gasteiger partial charge in [-0.1, -0.05) is 35.3 Å². The van der Waals surface area contributed by atoms with Crippen LogP contribution in [0, 0.1) is 0 Å². The van der Waals surface area contributed by atoms with Crippen LogP contribution in [0.3, 0.4) is 0 Å². The second kappa shape index (κ2) is 4.37. The molecule has 0 aliphatic carbocycles. The van der Waals surface area contributed by atoms with Gasteiger partial charge in [0.15, 0.2) is 0 Å². The van der Waals surface area contributed by atoms with Gasteiger partial charge in [0.2, 0.25) is 0 Å². The number of carbonyl (C=O) groups is 2. The van der Waals surface area contributed by atoms with E-state index in [1.807, 2.05) is 12.1 Å². The predicted molar refractivity (Wildman–Crippen MR) is 74.9 cm³/mol. The number of hydrogen-bond acceptors (Lipinski definition) is 2. The lowest BCUT2D eigenvalue weighted by molar-refractivity contribution is -0.112. The second-order valence-corrected chi connectivity index (χ2v) is 4.99. The van der Waals surface area contributed by atoms with Crippen molar-refractivity contribution in [1.82, 2.24) is 0 Å². The number of benzene rings is 2. The highest BCUT2D eigenvalue weighted by molar-refractivity contribution is 6.51. The summed E-state index contributed by atoms with van der Waals surface area (Å²) in [6.07, 6.45) is 0. The van der Waals surface area contributed by atoms with Crippen LogP contribution in [-0.2, 0) is 4.79 Å². The summed E-state index contributed by atoms with van der Waals surface area (Å²) in [7, 11) is 0. The van der Waals surface area contributed by atoms with Gasteiger partial charge in [0.1, 0.15) is 0 Å². The Morgan fingerprint density at radius 1 is 0.842 bits per heavy atom. The van der Waals surface area contributed by atoms with E-state index in [-0.39, 0.29) is 0 Å². The van der Waals surface area contributed by atoms with Gasteiger partial charge in [-0.15, -0.1) is 0 Å². The molecule has 3 nitrogen and oxygen atoms in total. The van der Waals surface area contributed by atoms with Crippen LogP contribution < -0.4 is 5.32 Å². The molecule has 0 bridgehead atoms. The Morgan fingerprint density at radius 2 is 1.53 bits per heavy atom. The summed E-state index contributed by atoms with van der Waals surface area (Å²) < 4.78 is 0. The van der Waals surface area contributed by atoms with Crippen molar-refractivity contribution < 1.29 is 9.59 Å². The van der Waals surface area contributed by atoms with E-state index in [0.29, 0.717) is 21.3 Å². The minimum absolute atomic E-state index is 0.383. The molecule has 2 aromatic carbocycles. The molecule has 1 aliphatic rings. The summed E-state index contributed by atoms with van der Waals surface area (Å²) in [5, 5.41) is 3.43. The molecule has 0 atom stereocenters. The van der Waals surface area contributed by atoms with E-state index in [4.69, 9.17) is 23.2 Å². The fourth-order valence-corrected chi connectivity index (χ4v) is 2.30. The minimum Gasteiger partial charge on any atom is -0.318 e. The molecule has 0 spiro atoms. The molecule has 0 aromatic heterocycles. The Morgan fingerprint density at radius 3 is 2.26 bits per heavy atom. The first-order valence-electron chi connectivity index (χ1n) is 5.51. The Labute approximate surface area is 119 Å². The number of rotatable bonds is 1. The molecule has 0 radical (unpaired) electrons. The highest BCUT2D eigenvalue weighted by Crippen LogP contribution is 2.32. The molecular weight excluding hydrogens is 285 g/mol. The third-order valence-corrected chi connectivity index (χ3v) is 3.71. The van der Waals surface area contributed by atoms with Crippen LogP contribution >= 0.6 is 23.2 Å². The molecule has 3 rings (SSSR count). The summed E-state index contributed by atoms with van der Waals surface area (Å²) >= 11 is 11.8. The van der Waals surface area contributed by atoms with Crippen molar-refractivity contribution in [2.75, 3.05) is 5.32 Å². The quantitative estimate of drug-likeness (QED) is 0.813. The van der Waals surface area contributed by atoms with Gasteiger partial charge in [0, 0.05) is 0 Å². The Kier molecular flexibility index (Phi) is 2.81. The third kappa shape index (κ3) is 2.01. The van der Waals surface area contributed by atoms with Gasteiger partial charge in [-0.25, -0.2) is 0 Å². The van der Waals surface area contributed by atoms with Crippen molar-refractivity contribution >= 4 is 40.6 Å². The number of nitrogens with one attached hydrogen (secondary N) is 1. The number of hydrogen-bond donors (Lipinski definition) is 1. The zero-order valence-electron chi connectivity index (χ0n) is 9.54. The lowest BCUT2D eigenvalue weighted by Crippen LogP contribution is -2.12. The number of amides is 1. The summed E-state index contributed by atoms with van der Waals surface area (Å²) in [5.41, 5.74) is 2.57. The van der Waals surface area contributed by atoms with Gasteiger partial charge >= 0.3 is 0 Å². The predicted octanol–water partition coefficient (Wildman–Crippen LogP) is 3.80. The molecule has 94 valence electrons. The van der Waals surface area contributed by atoms with E-state index in [9.17, 15) is 9.59 Å². The molecule has 5 heteroatoms. The highest BCUT2D eigenvalue weighted by Gasteiger charge is 2.27. The van der Waals surface area contributed by atoms with Crippen molar-refractivity contribution in [3.05, 3.63) is 52.0 Å². The maximum atomic E-state index is 11.6. The molecule has 1 aliphatic heterocycles. The first kappa shape index (κ1) is 12.2. The largest absolute Gasteiger partial charge is 0.318 e. The first-order valence-corrected chi connectivity index (χ1v) is 6.27. The fraction of sp³-hybridized carbons (Fsp3) is 0. The number of anilines is 1. The van der Waals surface area contributed by atoms with Gasteiger partial charge in [-0.3, -0.25) is 9.59 Å². The van der Waals surface area contributed by atoms with Gasteiger partial charge in [0.25, 0.3) is 11.7 Å². The Balaban J connectivity index is 2.10. The molecule has 1 amide bonds. The molecule has 0 saturated heterocycles. The summed E-state index contributed by atoms with van der Waals surface area (Å²) in [4.78, 5) is 22.9. The monoisotopic (exact) mass is 291 g/mol. The molecule has 1 heterocycles. The van der Waals surface area contributed by atoms with Crippen molar-refractivity contribution in [3.63, 3.8) is 0 Å². The lowest BCUT2D eigenvalue weighted by atomic mass is 10.0. The zero-order chi connectivity index (χ0) is 13.6. The van der Waals surface area contributed by atoms with Crippen LogP contribution in [0.4, 0.5) is 5.69 Å². The number of halogens is 2. The van der Waals surface area contributed by atoms with E-state index in [2.05, 4.69) is 5.32 Å². The summed E-state index contributed by atoms with van der Waals surface area (Å²) in [6, 6.07) is 10.4. The topological polar surface area (TPSA) is 46.2 Å². The third-order valence-electron chi connectivity index (χ3n) is 2.97. The zero-order valence-corrected chi connectivity index (χ0v) is 11.0. The van der Waals surface area contributed by atoms with Crippen molar-refractivity contribution in [3.8, 4) is 11.1 Å². The van der Waals surface area contributed by atoms with Gasteiger partial charge < -0.3 is 5.32 Å². The summed E-state index contributed by atoms with van der Waals surface area (Å²) in [5.74, 6) is -1.11. The highest BCUT2D eigenvalue weighted by atomic mass is 35.5. The van der Waals surface area contributed by atoms with Gasteiger partial charge in [-0.2, -0.15) is 0 Å². The molecule has 1 N–H and O–H groups in total. The SMILES string of the molecule is O=C1Nc2ccc(-c3ccc(Cl)c(Cl)c3)cc2C1=O. The Hall–Kier alpha value is -1.84. The molecule has 0 unspecified atom stereocenters. The van der Waals surface area contributed by atoms with Crippen molar-refractivity contribution in [1.29, 1.82) is 0 Å². The molecular formula is C14H7Cl2NO2. The molecule has 0 fully saturated rings.